The Kier molecular flexibility index (Phi) is 7.98. The largest absolute Gasteiger partial charge is 0.463 e. The summed E-state index contributed by atoms with van der Waals surface area (Å²) in [7, 11) is 0. The molecule has 12 nitrogen and oxygen atoms in total. The number of carbonyl (C=O) groups is 3. The smallest absolute Gasteiger partial charge is 0.303 e. The molecule has 1 heterocycles. The minimum Gasteiger partial charge on any atom is -0.463 e. The Bertz CT molecular complexity index is 824. The molecule has 0 aliphatic carbocycles. The molecule has 30 heavy (non-hydrogen) atoms. The van der Waals surface area contributed by atoms with Gasteiger partial charge in [0.05, 0.1) is 0 Å². The number of azide groups is 1. The maximum atomic E-state index is 11.5. The number of benzene rings is 1. The van der Waals surface area contributed by atoms with Crippen molar-refractivity contribution in [2.45, 2.75) is 51.4 Å². The first-order valence-electron chi connectivity index (χ1n) is 8.94. The van der Waals surface area contributed by atoms with Gasteiger partial charge in [-0.1, -0.05) is 5.11 Å². The third kappa shape index (κ3) is 6.34. The number of hydrogen-bond donors (Lipinski definition) is 2. The molecule has 1 amide bonds. The number of anilines is 1. The number of rotatable bonds is 7. The van der Waals surface area contributed by atoms with Gasteiger partial charge in [-0.25, -0.2) is 0 Å². The summed E-state index contributed by atoms with van der Waals surface area (Å²) < 4.78 is 21.4. The standard InChI is InChI=1S/C18H22N4O8/c1-9(23)20-12-4-6-13(7-5-12)29-18-16(26)15(21-22-19)17(28-11(3)25)14(30-18)8-27-10(2)24/h4-7,14-18,26H,8H2,1-3H3,(H,20,23)/t14?,15-,16?,17+,18-/m0/s1. The summed E-state index contributed by atoms with van der Waals surface area (Å²) in [6.45, 7) is 3.38. The van der Waals surface area contributed by atoms with Gasteiger partial charge in [0.25, 0.3) is 0 Å². The predicted molar refractivity (Wildman–Crippen MR) is 101 cm³/mol. The molecule has 0 spiro atoms. The molecule has 0 aromatic heterocycles. The normalized spacial score (nSPS) is 25.4. The van der Waals surface area contributed by atoms with Crippen LogP contribution in [0.15, 0.2) is 29.4 Å². The lowest BCUT2D eigenvalue weighted by Gasteiger charge is -2.41. The highest BCUT2D eigenvalue weighted by atomic mass is 16.7. The second-order valence-corrected chi connectivity index (χ2v) is 6.43. The number of amides is 1. The van der Waals surface area contributed by atoms with Crippen molar-refractivity contribution in [2.75, 3.05) is 11.9 Å². The van der Waals surface area contributed by atoms with E-state index >= 15 is 0 Å². The highest BCUT2D eigenvalue weighted by Gasteiger charge is 2.48. The fourth-order valence-electron chi connectivity index (χ4n) is 2.82. The number of hydrogen-bond acceptors (Lipinski definition) is 9. The van der Waals surface area contributed by atoms with Crippen LogP contribution in [-0.4, -0.2) is 60.2 Å². The van der Waals surface area contributed by atoms with Gasteiger partial charge >= 0.3 is 11.9 Å². The molecule has 1 saturated heterocycles. The first-order valence-corrected chi connectivity index (χ1v) is 8.94. The summed E-state index contributed by atoms with van der Waals surface area (Å²) in [5, 5.41) is 16.7. The highest BCUT2D eigenvalue weighted by Crippen LogP contribution is 2.29. The monoisotopic (exact) mass is 422 g/mol. The summed E-state index contributed by atoms with van der Waals surface area (Å²) in [5.41, 5.74) is 9.41. The molecule has 1 aromatic rings. The topological polar surface area (TPSA) is 169 Å². The number of aliphatic hydroxyl groups is 1. The molecule has 0 saturated carbocycles. The molecule has 2 unspecified atom stereocenters. The van der Waals surface area contributed by atoms with Gasteiger partial charge in [-0.15, -0.1) is 0 Å². The Labute approximate surface area is 171 Å². The quantitative estimate of drug-likeness (QED) is 0.286. The maximum Gasteiger partial charge on any atom is 0.303 e. The summed E-state index contributed by atoms with van der Waals surface area (Å²) in [4.78, 5) is 36.5. The van der Waals surface area contributed by atoms with Crippen molar-refractivity contribution in [3.05, 3.63) is 34.7 Å². The second-order valence-electron chi connectivity index (χ2n) is 6.43. The van der Waals surface area contributed by atoms with Gasteiger partial charge in [0.15, 0.2) is 0 Å². The van der Waals surface area contributed by atoms with Crippen molar-refractivity contribution < 1.29 is 38.4 Å². The summed E-state index contributed by atoms with van der Waals surface area (Å²) in [5.74, 6) is -1.26. The van der Waals surface area contributed by atoms with Gasteiger partial charge in [-0.3, -0.25) is 14.4 Å². The first-order chi connectivity index (χ1) is 14.2. The van der Waals surface area contributed by atoms with Gasteiger partial charge in [-0.05, 0) is 29.8 Å². The Hall–Kier alpha value is -3.34. The zero-order valence-corrected chi connectivity index (χ0v) is 16.5. The van der Waals surface area contributed by atoms with Gasteiger partial charge < -0.3 is 29.4 Å². The first kappa shape index (κ1) is 22.9. The van der Waals surface area contributed by atoms with Crippen LogP contribution in [0.2, 0.25) is 0 Å². The number of esters is 2. The lowest BCUT2D eigenvalue weighted by Crippen LogP contribution is -2.60. The lowest BCUT2D eigenvalue weighted by molar-refractivity contribution is -0.254. The summed E-state index contributed by atoms with van der Waals surface area (Å²) in [6, 6.07) is 4.97. The molecular weight excluding hydrogens is 400 g/mol. The predicted octanol–water partition coefficient (Wildman–Crippen LogP) is 1.28. The van der Waals surface area contributed by atoms with Crippen molar-refractivity contribution in [1.82, 2.24) is 0 Å². The van der Waals surface area contributed by atoms with Crippen LogP contribution in [0.5, 0.6) is 5.75 Å². The van der Waals surface area contributed by atoms with Gasteiger partial charge in [0.1, 0.15) is 36.7 Å². The minimum atomic E-state index is -1.49. The van der Waals surface area contributed by atoms with Gasteiger partial charge in [0.2, 0.25) is 12.2 Å². The van der Waals surface area contributed by atoms with Crippen molar-refractivity contribution in [3.63, 3.8) is 0 Å². The minimum absolute atomic E-state index is 0.239. The van der Waals surface area contributed by atoms with E-state index in [1.807, 2.05) is 0 Å². The zero-order chi connectivity index (χ0) is 22.3. The van der Waals surface area contributed by atoms with Crippen LogP contribution in [-0.2, 0) is 28.6 Å². The molecule has 1 aliphatic rings. The van der Waals surface area contributed by atoms with Gasteiger partial charge in [-0.2, -0.15) is 0 Å². The molecule has 0 radical (unpaired) electrons. The third-order valence-corrected chi connectivity index (χ3v) is 4.01. The molecule has 2 rings (SSSR count). The van der Waals surface area contributed by atoms with Crippen LogP contribution in [0.25, 0.3) is 10.4 Å². The van der Waals surface area contributed by atoms with E-state index in [2.05, 4.69) is 15.3 Å². The van der Waals surface area contributed by atoms with E-state index in [0.717, 1.165) is 6.92 Å². The van der Waals surface area contributed by atoms with Crippen molar-refractivity contribution in [2.24, 2.45) is 5.11 Å². The average Bonchev–Trinajstić information content (AvgIpc) is 2.66. The fourth-order valence-corrected chi connectivity index (χ4v) is 2.82. The number of nitrogens with zero attached hydrogens (tertiary/aromatic N) is 3. The number of aliphatic hydroxyl groups excluding tert-OH is 1. The zero-order valence-electron chi connectivity index (χ0n) is 16.5. The maximum absolute atomic E-state index is 11.5. The number of ether oxygens (including phenoxy) is 4. The fraction of sp³-hybridized carbons (Fsp3) is 0.500. The van der Waals surface area contributed by atoms with E-state index in [1.54, 1.807) is 12.1 Å². The molecule has 0 bridgehead atoms. The van der Waals surface area contributed by atoms with Crippen molar-refractivity contribution >= 4 is 23.5 Å². The Morgan fingerprint density at radius 3 is 2.40 bits per heavy atom. The van der Waals surface area contributed by atoms with E-state index in [9.17, 15) is 19.5 Å². The molecular formula is C18H22N4O8. The summed E-state index contributed by atoms with van der Waals surface area (Å²) in [6.07, 6.45) is -5.07. The Balaban J connectivity index is 2.23. The van der Waals surface area contributed by atoms with Gasteiger partial charge in [0, 0.05) is 31.4 Å². The molecule has 2 N–H and O–H groups in total. The Morgan fingerprint density at radius 2 is 1.87 bits per heavy atom. The van der Waals surface area contributed by atoms with E-state index in [1.165, 1.54) is 26.0 Å². The SMILES string of the molecule is CC(=O)Nc1ccc(O[C@H]2OC(COC(C)=O)[C@@H](OC(C)=O)[C@@H](N=[N+]=[N-])C2O)cc1. The third-order valence-electron chi connectivity index (χ3n) is 4.01. The number of carbonyl (C=O) groups excluding carboxylic acids is 3. The highest BCUT2D eigenvalue weighted by molar-refractivity contribution is 5.88. The van der Waals surface area contributed by atoms with Crippen LogP contribution in [0.4, 0.5) is 5.69 Å². The lowest BCUT2D eigenvalue weighted by atomic mass is 9.96. The molecule has 162 valence electrons. The van der Waals surface area contributed by atoms with Crippen LogP contribution >= 0.6 is 0 Å². The number of nitrogens with one attached hydrogen (secondary N) is 1. The van der Waals surface area contributed by atoms with Crippen LogP contribution in [0, 0.1) is 0 Å². The Morgan fingerprint density at radius 1 is 1.20 bits per heavy atom. The molecule has 1 aromatic carbocycles. The molecule has 5 atom stereocenters. The molecule has 12 heteroatoms. The van der Waals surface area contributed by atoms with Crippen LogP contribution in [0.1, 0.15) is 20.8 Å². The van der Waals surface area contributed by atoms with Crippen LogP contribution < -0.4 is 10.1 Å². The van der Waals surface area contributed by atoms with Crippen LogP contribution in [0.3, 0.4) is 0 Å². The molecule has 1 aliphatic heterocycles. The van der Waals surface area contributed by atoms with E-state index in [0.29, 0.717) is 5.69 Å². The molecule has 1 fully saturated rings. The average molecular weight is 422 g/mol. The van der Waals surface area contributed by atoms with E-state index < -0.39 is 42.6 Å². The van der Waals surface area contributed by atoms with Crippen molar-refractivity contribution in [3.8, 4) is 5.75 Å². The summed E-state index contributed by atoms with van der Waals surface area (Å²) >= 11 is 0. The van der Waals surface area contributed by atoms with E-state index in [4.69, 9.17) is 24.5 Å². The second kappa shape index (κ2) is 10.4. The van der Waals surface area contributed by atoms with E-state index in [-0.39, 0.29) is 18.3 Å². The van der Waals surface area contributed by atoms with Crippen molar-refractivity contribution in [1.29, 1.82) is 0 Å².